The van der Waals surface area contributed by atoms with Gasteiger partial charge in [-0.05, 0) is 54.8 Å². The zero-order chi connectivity index (χ0) is 19.0. The van der Waals surface area contributed by atoms with Crippen LogP contribution in [0, 0.1) is 0 Å². The van der Waals surface area contributed by atoms with Gasteiger partial charge in [0.2, 0.25) is 5.82 Å². The van der Waals surface area contributed by atoms with Gasteiger partial charge in [0.15, 0.2) is 0 Å². The zero-order valence-electron chi connectivity index (χ0n) is 15.4. The predicted octanol–water partition coefficient (Wildman–Crippen LogP) is 3.67. The molecule has 2 aromatic heterocycles. The van der Waals surface area contributed by atoms with Crippen LogP contribution in [0.2, 0.25) is 0 Å². The van der Waals surface area contributed by atoms with Crippen molar-refractivity contribution in [1.29, 1.82) is 0 Å². The molecule has 0 aliphatic rings. The lowest BCUT2D eigenvalue weighted by molar-refractivity contribution is 0.102. The molecule has 27 heavy (non-hydrogen) atoms. The fourth-order valence-corrected chi connectivity index (χ4v) is 2.87. The number of carbonyl (C=O) groups excluding carboxylic acids is 1. The van der Waals surface area contributed by atoms with Crippen LogP contribution >= 0.6 is 0 Å². The van der Waals surface area contributed by atoms with Crippen molar-refractivity contribution in [2.45, 2.75) is 19.9 Å². The van der Waals surface area contributed by atoms with Crippen molar-refractivity contribution >= 4 is 22.5 Å². The van der Waals surface area contributed by atoms with Gasteiger partial charge in [0.25, 0.3) is 5.91 Å². The minimum absolute atomic E-state index is 0.151. The van der Waals surface area contributed by atoms with Crippen molar-refractivity contribution < 1.29 is 4.79 Å². The van der Waals surface area contributed by atoms with E-state index in [1.807, 2.05) is 68.1 Å². The summed E-state index contributed by atoms with van der Waals surface area (Å²) in [5.41, 5.74) is 3.23. The first kappa shape index (κ1) is 17.0. The van der Waals surface area contributed by atoms with Crippen LogP contribution in [0.25, 0.3) is 22.3 Å². The molecule has 2 heterocycles. The molecule has 0 aliphatic heterocycles. The second-order valence-corrected chi connectivity index (χ2v) is 6.76. The fourth-order valence-electron chi connectivity index (χ4n) is 2.87. The molecule has 7 nitrogen and oxygen atoms in total. The quantitative estimate of drug-likeness (QED) is 0.602. The number of rotatable bonds is 4. The molecule has 0 saturated carbocycles. The van der Waals surface area contributed by atoms with Gasteiger partial charge in [-0.25, -0.2) is 0 Å². The Morgan fingerprint density at radius 3 is 2.56 bits per heavy atom. The number of fused-ring (bicyclic) bond motifs is 1. The van der Waals surface area contributed by atoms with E-state index in [0.29, 0.717) is 11.4 Å². The Bertz CT molecular complexity index is 1110. The largest absolute Gasteiger partial charge is 0.350 e. The molecule has 0 fully saturated rings. The van der Waals surface area contributed by atoms with Gasteiger partial charge < -0.3 is 9.88 Å². The number of aromatic nitrogens is 5. The molecule has 136 valence electrons. The average Bonchev–Trinajstić information content (AvgIpc) is 3.30. The summed E-state index contributed by atoms with van der Waals surface area (Å²) in [7, 11) is 1.98. The van der Waals surface area contributed by atoms with Crippen LogP contribution in [-0.4, -0.2) is 30.7 Å². The standard InChI is InChI=1S/C20H20N6O/c1-13(2)26-23-19(22-24-26)15-4-6-16(7-5-15)20(27)21-17-9-8-14-10-11-25(3)18(14)12-17/h4-13H,1-3H3,(H,21,27). The van der Waals surface area contributed by atoms with E-state index in [4.69, 9.17) is 0 Å². The van der Waals surface area contributed by atoms with Gasteiger partial charge >= 0.3 is 0 Å². The number of hydrogen-bond donors (Lipinski definition) is 1. The van der Waals surface area contributed by atoms with Crippen molar-refractivity contribution in [3.8, 4) is 11.4 Å². The summed E-state index contributed by atoms with van der Waals surface area (Å²) < 4.78 is 2.02. The number of benzene rings is 2. The first-order valence-electron chi connectivity index (χ1n) is 8.77. The Hall–Kier alpha value is -3.48. The molecule has 0 saturated heterocycles. The van der Waals surface area contributed by atoms with Gasteiger partial charge in [-0.2, -0.15) is 4.80 Å². The van der Waals surface area contributed by atoms with E-state index in [0.717, 1.165) is 22.2 Å². The molecule has 4 rings (SSSR count). The van der Waals surface area contributed by atoms with E-state index in [1.165, 1.54) is 0 Å². The third-order valence-electron chi connectivity index (χ3n) is 4.44. The van der Waals surface area contributed by atoms with Gasteiger partial charge in [0.1, 0.15) is 0 Å². The number of amides is 1. The highest BCUT2D eigenvalue weighted by molar-refractivity contribution is 6.05. The molecule has 4 aromatic rings. The third-order valence-corrected chi connectivity index (χ3v) is 4.44. The zero-order valence-corrected chi connectivity index (χ0v) is 15.4. The number of carbonyl (C=O) groups is 1. The molecule has 0 unspecified atom stereocenters. The fraction of sp³-hybridized carbons (Fsp3) is 0.200. The normalized spacial score (nSPS) is 11.3. The van der Waals surface area contributed by atoms with Gasteiger partial charge in [0, 0.05) is 35.6 Å². The Kier molecular flexibility index (Phi) is 4.19. The molecular formula is C20H20N6O. The smallest absolute Gasteiger partial charge is 0.255 e. The number of anilines is 1. The monoisotopic (exact) mass is 360 g/mol. The van der Waals surface area contributed by atoms with Crippen LogP contribution in [0.4, 0.5) is 5.69 Å². The molecule has 0 radical (unpaired) electrons. The number of hydrogen-bond acceptors (Lipinski definition) is 4. The SMILES string of the molecule is CC(C)n1nnc(-c2ccc(C(=O)Nc3ccc4ccn(C)c4c3)cc2)n1. The highest BCUT2D eigenvalue weighted by Gasteiger charge is 2.11. The minimum atomic E-state index is -0.158. The summed E-state index contributed by atoms with van der Waals surface area (Å²) in [6.07, 6.45) is 2.00. The van der Waals surface area contributed by atoms with Crippen molar-refractivity contribution in [3.05, 3.63) is 60.3 Å². The van der Waals surface area contributed by atoms with E-state index in [-0.39, 0.29) is 11.9 Å². The van der Waals surface area contributed by atoms with Crippen LogP contribution < -0.4 is 5.32 Å². The first-order chi connectivity index (χ1) is 13.0. The van der Waals surface area contributed by atoms with Crippen LogP contribution in [0.1, 0.15) is 30.2 Å². The second kappa shape index (κ2) is 6.68. The molecule has 0 atom stereocenters. The van der Waals surface area contributed by atoms with Crippen LogP contribution in [0.5, 0.6) is 0 Å². The number of tetrazole rings is 1. The van der Waals surface area contributed by atoms with Crippen molar-refractivity contribution in [2.24, 2.45) is 7.05 Å². The lowest BCUT2D eigenvalue weighted by Gasteiger charge is -2.07. The van der Waals surface area contributed by atoms with E-state index in [9.17, 15) is 4.79 Å². The van der Waals surface area contributed by atoms with Gasteiger partial charge in [-0.15, -0.1) is 10.2 Å². The average molecular weight is 360 g/mol. The third kappa shape index (κ3) is 3.31. The summed E-state index contributed by atoms with van der Waals surface area (Å²) in [6, 6.07) is 15.3. The lowest BCUT2D eigenvalue weighted by Crippen LogP contribution is -2.11. The molecule has 2 aromatic carbocycles. The predicted molar refractivity (Wildman–Crippen MR) is 105 cm³/mol. The van der Waals surface area contributed by atoms with Crippen LogP contribution in [-0.2, 0) is 7.05 Å². The lowest BCUT2D eigenvalue weighted by atomic mass is 10.1. The number of aryl methyl sites for hydroxylation is 1. The molecule has 7 heteroatoms. The van der Waals surface area contributed by atoms with Crippen molar-refractivity contribution in [2.75, 3.05) is 5.32 Å². The van der Waals surface area contributed by atoms with Crippen molar-refractivity contribution in [3.63, 3.8) is 0 Å². The molecule has 0 bridgehead atoms. The van der Waals surface area contributed by atoms with Gasteiger partial charge in [-0.3, -0.25) is 4.79 Å². The summed E-state index contributed by atoms with van der Waals surface area (Å²) >= 11 is 0. The van der Waals surface area contributed by atoms with E-state index < -0.39 is 0 Å². The molecule has 0 aliphatic carbocycles. The minimum Gasteiger partial charge on any atom is -0.350 e. The van der Waals surface area contributed by atoms with E-state index in [2.05, 4.69) is 20.7 Å². The number of nitrogens with zero attached hydrogens (tertiary/aromatic N) is 5. The Morgan fingerprint density at radius 1 is 1.07 bits per heavy atom. The molecule has 0 spiro atoms. The van der Waals surface area contributed by atoms with E-state index in [1.54, 1.807) is 16.9 Å². The maximum absolute atomic E-state index is 12.5. The van der Waals surface area contributed by atoms with E-state index >= 15 is 0 Å². The maximum Gasteiger partial charge on any atom is 0.255 e. The first-order valence-corrected chi connectivity index (χ1v) is 8.77. The molecular weight excluding hydrogens is 340 g/mol. The molecule has 1 N–H and O–H groups in total. The summed E-state index contributed by atoms with van der Waals surface area (Å²) in [5.74, 6) is 0.388. The van der Waals surface area contributed by atoms with Crippen LogP contribution in [0.15, 0.2) is 54.7 Å². The number of nitrogens with one attached hydrogen (secondary N) is 1. The topological polar surface area (TPSA) is 77.6 Å². The summed E-state index contributed by atoms with van der Waals surface area (Å²) in [5, 5.41) is 16.5. The summed E-state index contributed by atoms with van der Waals surface area (Å²) in [6.45, 7) is 3.98. The Labute approximate surface area is 156 Å². The maximum atomic E-state index is 12.5. The highest BCUT2D eigenvalue weighted by atomic mass is 16.1. The van der Waals surface area contributed by atoms with Crippen LogP contribution in [0.3, 0.4) is 0 Å². The van der Waals surface area contributed by atoms with Gasteiger partial charge in [0.05, 0.1) is 6.04 Å². The Balaban J connectivity index is 1.52. The Morgan fingerprint density at radius 2 is 1.85 bits per heavy atom. The molecule has 1 amide bonds. The second-order valence-electron chi connectivity index (χ2n) is 6.76. The van der Waals surface area contributed by atoms with Gasteiger partial charge in [-0.1, -0.05) is 18.2 Å². The van der Waals surface area contributed by atoms with Crippen molar-refractivity contribution in [1.82, 2.24) is 24.8 Å². The summed E-state index contributed by atoms with van der Waals surface area (Å²) in [4.78, 5) is 14.1. The highest BCUT2D eigenvalue weighted by Crippen LogP contribution is 2.21.